The van der Waals surface area contributed by atoms with Gasteiger partial charge in [-0.15, -0.1) is 5.73 Å². The normalized spacial score (nSPS) is 33.9. The first-order valence-corrected chi connectivity index (χ1v) is 3.44. The van der Waals surface area contributed by atoms with Crippen LogP contribution in [0.15, 0.2) is 18.4 Å². The standard InChI is InChI=1S/C8H13N/c1-2-3-7-4-5-8(9)6-7/h3,7-8H,1,4-6,9H2. The predicted octanol–water partition coefficient (Wildman–Crippen LogP) is 1.45. The van der Waals surface area contributed by atoms with Crippen LogP contribution in [0.1, 0.15) is 19.3 Å². The highest BCUT2D eigenvalue weighted by Crippen LogP contribution is 2.24. The van der Waals surface area contributed by atoms with Crippen LogP contribution in [-0.4, -0.2) is 6.04 Å². The molecule has 0 aromatic carbocycles. The summed E-state index contributed by atoms with van der Waals surface area (Å²) in [5.74, 6) is 0.664. The topological polar surface area (TPSA) is 26.0 Å². The summed E-state index contributed by atoms with van der Waals surface area (Å²) < 4.78 is 0. The highest BCUT2D eigenvalue weighted by Gasteiger charge is 2.18. The Morgan fingerprint density at radius 3 is 2.78 bits per heavy atom. The molecule has 1 rings (SSSR count). The summed E-state index contributed by atoms with van der Waals surface area (Å²) in [6, 6.07) is 0.430. The minimum absolute atomic E-state index is 0.430. The van der Waals surface area contributed by atoms with E-state index >= 15 is 0 Å². The molecular formula is C8H13N. The molecule has 0 bridgehead atoms. The Kier molecular flexibility index (Phi) is 2.10. The Hall–Kier alpha value is -0.520. The zero-order valence-corrected chi connectivity index (χ0v) is 5.64. The minimum Gasteiger partial charge on any atom is -0.328 e. The number of hydrogen-bond acceptors (Lipinski definition) is 1. The van der Waals surface area contributed by atoms with Gasteiger partial charge in [0.05, 0.1) is 0 Å². The van der Waals surface area contributed by atoms with E-state index in [2.05, 4.69) is 12.3 Å². The molecule has 0 heterocycles. The van der Waals surface area contributed by atoms with Crippen molar-refractivity contribution in [1.82, 2.24) is 0 Å². The van der Waals surface area contributed by atoms with Crippen LogP contribution < -0.4 is 5.73 Å². The fourth-order valence-electron chi connectivity index (χ4n) is 1.37. The lowest BCUT2D eigenvalue weighted by molar-refractivity contribution is 0.652. The van der Waals surface area contributed by atoms with E-state index in [0.717, 1.165) is 6.42 Å². The molecule has 0 aromatic heterocycles. The SMILES string of the molecule is C=C=CC1CCC(N)C1. The van der Waals surface area contributed by atoms with E-state index in [4.69, 9.17) is 5.73 Å². The fourth-order valence-corrected chi connectivity index (χ4v) is 1.37. The van der Waals surface area contributed by atoms with Crippen molar-refractivity contribution in [1.29, 1.82) is 0 Å². The molecule has 2 N–H and O–H groups in total. The van der Waals surface area contributed by atoms with Gasteiger partial charge in [0.2, 0.25) is 0 Å². The van der Waals surface area contributed by atoms with Gasteiger partial charge in [-0.3, -0.25) is 0 Å². The smallest absolute Gasteiger partial charge is 0.00448 e. The van der Waals surface area contributed by atoms with Crippen LogP contribution >= 0.6 is 0 Å². The summed E-state index contributed by atoms with van der Waals surface area (Å²) in [7, 11) is 0. The largest absolute Gasteiger partial charge is 0.328 e. The van der Waals surface area contributed by atoms with Crippen molar-refractivity contribution >= 4 is 0 Å². The lowest BCUT2D eigenvalue weighted by Crippen LogP contribution is -2.14. The minimum atomic E-state index is 0.430. The van der Waals surface area contributed by atoms with Crippen LogP contribution in [0.3, 0.4) is 0 Å². The molecule has 9 heavy (non-hydrogen) atoms. The molecule has 0 aliphatic heterocycles. The molecule has 1 nitrogen and oxygen atoms in total. The Balaban J connectivity index is 2.38. The van der Waals surface area contributed by atoms with Crippen molar-refractivity contribution < 1.29 is 0 Å². The lowest BCUT2D eigenvalue weighted by Gasteiger charge is -1.98. The Morgan fingerprint density at radius 1 is 1.56 bits per heavy atom. The summed E-state index contributed by atoms with van der Waals surface area (Å²) in [6.07, 6.45) is 5.56. The second-order valence-electron chi connectivity index (χ2n) is 2.70. The number of nitrogens with two attached hydrogens (primary N) is 1. The van der Waals surface area contributed by atoms with E-state index in [0.29, 0.717) is 12.0 Å². The second kappa shape index (κ2) is 2.86. The molecule has 0 amide bonds. The summed E-state index contributed by atoms with van der Waals surface area (Å²) in [5, 5.41) is 0. The van der Waals surface area contributed by atoms with Crippen LogP contribution in [0.5, 0.6) is 0 Å². The van der Waals surface area contributed by atoms with Gasteiger partial charge in [-0.1, -0.05) is 6.58 Å². The van der Waals surface area contributed by atoms with Gasteiger partial charge >= 0.3 is 0 Å². The lowest BCUT2D eigenvalue weighted by atomic mass is 10.1. The van der Waals surface area contributed by atoms with E-state index in [1.807, 2.05) is 6.08 Å². The Bertz CT molecular complexity index is 134. The van der Waals surface area contributed by atoms with Crippen LogP contribution in [0.4, 0.5) is 0 Å². The van der Waals surface area contributed by atoms with Crippen LogP contribution in [0.2, 0.25) is 0 Å². The van der Waals surface area contributed by atoms with Crippen molar-refractivity contribution in [2.45, 2.75) is 25.3 Å². The van der Waals surface area contributed by atoms with Gasteiger partial charge in [0.25, 0.3) is 0 Å². The van der Waals surface area contributed by atoms with Gasteiger partial charge in [0.1, 0.15) is 0 Å². The zero-order valence-electron chi connectivity index (χ0n) is 5.64. The van der Waals surface area contributed by atoms with Crippen molar-refractivity contribution in [2.24, 2.45) is 11.7 Å². The zero-order chi connectivity index (χ0) is 6.69. The highest BCUT2D eigenvalue weighted by atomic mass is 14.6. The molecule has 1 aliphatic rings. The molecule has 1 saturated carbocycles. The molecule has 2 unspecified atom stereocenters. The summed E-state index contributed by atoms with van der Waals surface area (Å²) in [4.78, 5) is 0. The van der Waals surface area contributed by atoms with Gasteiger partial charge in [0, 0.05) is 6.04 Å². The van der Waals surface area contributed by atoms with E-state index in [1.165, 1.54) is 12.8 Å². The van der Waals surface area contributed by atoms with Crippen molar-refractivity contribution in [2.75, 3.05) is 0 Å². The number of hydrogen-bond donors (Lipinski definition) is 1. The van der Waals surface area contributed by atoms with E-state index in [-0.39, 0.29) is 0 Å². The molecule has 1 aliphatic carbocycles. The molecule has 2 atom stereocenters. The first-order chi connectivity index (χ1) is 4.33. The quantitative estimate of drug-likeness (QED) is 0.525. The maximum atomic E-state index is 5.69. The van der Waals surface area contributed by atoms with Gasteiger partial charge in [-0.05, 0) is 31.3 Å². The van der Waals surface area contributed by atoms with Crippen molar-refractivity contribution in [3.63, 3.8) is 0 Å². The molecule has 1 fully saturated rings. The van der Waals surface area contributed by atoms with Gasteiger partial charge in [0.15, 0.2) is 0 Å². The average molecular weight is 123 g/mol. The predicted molar refractivity (Wildman–Crippen MR) is 39.0 cm³/mol. The average Bonchev–Trinajstić information content (AvgIpc) is 2.17. The summed E-state index contributed by atoms with van der Waals surface area (Å²) in [5.41, 5.74) is 8.49. The summed E-state index contributed by atoms with van der Waals surface area (Å²) in [6.45, 7) is 3.53. The molecule has 0 saturated heterocycles. The monoisotopic (exact) mass is 123 g/mol. The Morgan fingerprint density at radius 2 is 2.33 bits per heavy atom. The molecule has 0 aromatic rings. The van der Waals surface area contributed by atoms with Crippen LogP contribution in [0.25, 0.3) is 0 Å². The van der Waals surface area contributed by atoms with Crippen molar-refractivity contribution in [3.8, 4) is 0 Å². The Labute approximate surface area is 56.2 Å². The third kappa shape index (κ3) is 1.70. The maximum Gasteiger partial charge on any atom is 0.00448 e. The van der Waals surface area contributed by atoms with Gasteiger partial charge in [-0.2, -0.15) is 0 Å². The molecule has 50 valence electrons. The first-order valence-electron chi connectivity index (χ1n) is 3.44. The molecule has 0 spiro atoms. The van der Waals surface area contributed by atoms with Crippen molar-refractivity contribution in [3.05, 3.63) is 18.4 Å². The highest BCUT2D eigenvalue weighted by molar-refractivity contribution is 4.91. The van der Waals surface area contributed by atoms with Gasteiger partial charge < -0.3 is 5.73 Å². The molecule has 0 radical (unpaired) electrons. The third-order valence-corrected chi connectivity index (χ3v) is 1.87. The molecule has 1 heteroatoms. The maximum absolute atomic E-state index is 5.69. The van der Waals surface area contributed by atoms with E-state index in [1.54, 1.807) is 0 Å². The number of rotatable bonds is 1. The van der Waals surface area contributed by atoms with E-state index < -0.39 is 0 Å². The number of allylic oxidation sites excluding steroid dienone is 1. The van der Waals surface area contributed by atoms with Gasteiger partial charge in [-0.25, -0.2) is 0 Å². The van der Waals surface area contributed by atoms with Crippen LogP contribution in [-0.2, 0) is 0 Å². The summed E-state index contributed by atoms with van der Waals surface area (Å²) >= 11 is 0. The van der Waals surface area contributed by atoms with E-state index in [9.17, 15) is 0 Å². The molecular weight excluding hydrogens is 110 g/mol. The van der Waals surface area contributed by atoms with Crippen LogP contribution in [0, 0.1) is 5.92 Å². The third-order valence-electron chi connectivity index (χ3n) is 1.87. The fraction of sp³-hybridized carbons (Fsp3) is 0.625. The second-order valence-corrected chi connectivity index (χ2v) is 2.70. The first kappa shape index (κ1) is 6.60.